The average Bonchev–Trinajstić information content (AvgIpc) is 2.30. The van der Waals surface area contributed by atoms with Crippen molar-refractivity contribution in [2.24, 2.45) is 0 Å². The van der Waals surface area contributed by atoms with E-state index in [0.29, 0.717) is 5.69 Å². The number of hydrogen-bond acceptors (Lipinski definition) is 4. The maximum absolute atomic E-state index is 12.2. The molecule has 0 unspecified atom stereocenters. The van der Waals surface area contributed by atoms with Crippen molar-refractivity contribution < 1.29 is 8.42 Å². The van der Waals surface area contributed by atoms with Crippen LogP contribution >= 0.6 is 0 Å². The largest absolute Gasteiger partial charge is 0.257 e. The summed E-state index contributed by atoms with van der Waals surface area (Å²) in [5.74, 6) is 0. The maximum atomic E-state index is 12.2. The molecule has 0 atom stereocenters. The first-order valence-electron chi connectivity index (χ1n) is 5.10. The fraction of sp³-hybridized carbons (Fsp3) is 0.167. The van der Waals surface area contributed by atoms with Gasteiger partial charge in [0, 0.05) is 6.20 Å². The summed E-state index contributed by atoms with van der Waals surface area (Å²) in [6, 6.07) is 6.67. The predicted octanol–water partition coefficient (Wildman–Crippen LogP) is 1.93. The molecule has 0 saturated carbocycles. The minimum Gasteiger partial charge on any atom is -0.257 e. The van der Waals surface area contributed by atoms with Gasteiger partial charge in [-0.1, -0.05) is 17.7 Å². The summed E-state index contributed by atoms with van der Waals surface area (Å²) in [6.45, 7) is 3.66. The van der Waals surface area contributed by atoms with Gasteiger partial charge < -0.3 is 0 Å². The van der Waals surface area contributed by atoms with E-state index in [1.165, 1.54) is 12.4 Å². The highest BCUT2D eigenvalue weighted by Crippen LogP contribution is 2.18. The lowest BCUT2D eigenvalue weighted by atomic mass is 10.2. The number of aryl methyl sites for hydroxylation is 2. The molecule has 0 aliphatic rings. The van der Waals surface area contributed by atoms with Gasteiger partial charge >= 0.3 is 0 Å². The van der Waals surface area contributed by atoms with Crippen molar-refractivity contribution >= 4 is 9.84 Å². The van der Waals surface area contributed by atoms with Crippen LogP contribution in [0.25, 0.3) is 0 Å². The Bertz CT molecular complexity index is 565. The Kier molecular flexibility index (Phi) is 2.93. The second-order valence-electron chi connectivity index (χ2n) is 3.81. The van der Waals surface area contributed by atoms with E-state index < -0.39 is 9.84 Å². The summed E-state index contributed by atoms with van der Waals surface area (Å²) in [5, 5.41) is -0.0213. The topological polar surface area (TPSA) is 59.9 Å². The fourth-order valence-corrected chi connectivity index (χ4v) is 2.48. The van der Waals surface area contributed by atoms with Crippen LogP contribution in [0.3, 0.4) is 0 Å². The molecule has 0 fully saturated rings. The third-order valence-electron chi connectivity index (χ3n) is 2.36. The van der Waals surface area contributed by atoms with Crippen LogP contribution in [0.1, 0.15) is 11.3 Å². The SMILES string of the molecule is Cc1ccc(S(=O)(=O)c2cnc(C)cn2)cc1. The standard InChI is InChI=1S/C12H12N2O2S/c1-9-3-5-11(6-4-9)17(15,16)12-8-13-10(2)7-14-12/h3-8H,1-2H3. The van der Waals surface area contributed by atoms with E-state index in [1.54, 1.807) is 31.2 Å². The molecule has 1 heterocycles. The number of hydrogen-bond donors (Lipinski definition) is 0. The van der Waals surface area contributed by atoms with Crippen molar-refractivity contribution in [3.8, 4) is 0 Å². The molecule has 2 aromatic rings. The molecule has 0 aliphatic carbocycles. The molecule has 4 nitrogen and oxygen atoms in total. The maximum Gasteiger partial charge on any atom is 0.225 e. The Morgan fingerprint density at radius 2 is 1.59 bits per heavy atom. The summed E-state index contributed by atoms with van der Waals surface area (Å²) >= 11 is 0. The molecule has 0 bridgehead atoms. The molecular formula is C12H12N2O2S. The van der Waals surface area contributed by atoms with Gasteiger partial charge in [-0.25, -0.2) is 13.4 Å². The van der Waals surface area contributed by atoms with Crippen molar-refractivity contribution in [2.45, 2.75) is 23.8 Å². The van der Waals surface area contributed by atoms with Crippen molar-refractivity contribution in [3.63, 3.8) is 0 Å². The van der Waals surface area contributed by atoms with Gasteiger partial charge in [0.1, 0.15) is 0 Å². The first kappa shape index (κ1) is 11.7. The van der Waals surface area contributed by atoms with E-state index in [4.69, 9.17) is 0 Å². The number of benzene rings is 1. The Labute approximate surface area is 100 Å². The molecule has 5 heteroatoms. The molecule has 0 amide bonds. The van der Waals surface area contributed by atoms with Gasteiger partial charge in [0.2, 0.25) is 9.84 Å². The Balaban J connectivity index is 2.50. The highest BCUT2D eigenvalue weighted by Gasteiger charge is 2.18. The normalized spacial score (nSPS) is 11.4. The van der Waals surface area contributed by atoms with E-state index in [0.717, 1.165) is 5.56 Å². The summed E-state index contributed by atoms with van der Waals surface area (Å²) in [4.78, 5) is 8.08. The first-order valence-corrected chi connectivity index (χ1v) is 6.59. The monoisotopic (exact) mass is 248 g/mol. The van der Waals surface area contributed by atoms with E-state index >= 15 is 0 Å². The number of sulfone groups is 1. The quantitative estimate of drug-likeness (QED) is 0.814. The summed E-state index contributed by atoms with van der Waals surface area (Å²) < 4.78 is 24.3. The Morgan fingerprint density at radius 3 is 2.12 bits per heavy atom. The van der Waals surface area contributed by atoms with Crippen molar-refractivity contribution in [2.75, 3.05) is 0 Å². The molecule has 0 spiro atoms. The lowest BCUT2D eigenvalue weighted by Gasteiger charge is -2.03. The first-order chi connectivity index (χ1) is 8.00. The zero-order valence-electron chi connectivity index (χ0n) is 9.58. The van der Waals surface area contributed by atoms with Crippen LogP contribution in [0.4, 0.5) is 0 Å². The zero-order valence-corrected chi connectivity index (χ0v) is 10.4. The van der Waals surface area contributed by atoms with Crippen LogP contribution in [-0.4, -0.2) is 18.4 Å². The van der Waals surface area contributed by atoms with E-state index in [2.05, 4.69) is 9.97 Å². The van der Waals surface area contributed by atoms with Crippen LogP contribution < -0.4 is 0 Å². The van der Waals surface area contributed by atoms with Crippen LogP contribution in [-0.2, 0) is 9.84 Å². The lowest BCUT2D eigenvalue weighted by Crippen LogP contribution is -2.05. The molecule has 0 N–H and O–H groups in total. The molecule has 0 aliphatic heterocycles. The third kappa shape index (κ3) is 2.34. The molecule has 88 valence electrons. The number of nitrogens with zero attached hydrogens (tertiary/aromatic N) is 2. The van der Waals surface area contributed by atoms with Crippen molar-refractivity contribution in [3.05, 3.63) is 47.9 Å². The second kappa shape index (κ2) is 4.25. The number of rotatable bonds is 2. The van der Waals surface area contributed by atoms with Crippen molar-refractivity contribution in [1.29, 1.82) is 0 Å². The molecule has 1 aromatic heterocycles. The third-order valence-corrected chi connectivity index (χ3v) is 4.02. The highest BCUT2D eigenvalue weighted by molar-refractivity contribution is 7.91. The van der Waals surface area contributed by atoms with Crippen LogP contribution in [0.5, 0.6) is 0 Å². The molecule has 0 radical (unpaired) electrons. The predicted molar refractivity (Wildman–Crippen MR) is 63.4 cm³/mol. The molecule has 2 rings (SSSR count). The van der Waals surface area contributed by atoms with Gasteiger partial charge in [-0.2, -0.15) is 0 Å². The average molecular weight is 248 g/mol. The van der Waals surface area contributed by atoms with Gasteiger partial charge in [0.15, 0.2) is 5.03 Å². The highest BCUT2D eigenvalue weighted by atomic mass is 32.2. The minimum absolute atomic E-state index is 0.0213. The smallest absolute Gasteiger partial charge is 0.225 e. The van der Waals surface area contributed by atoms with Crippen molar-refractivity contribution in [1.82, 2.24) is 9.97 Å². The van der Waals surface area contributed by atoms with Gasteiger partial charge in [-0.05, 0) is 26.0 Å². The van der Waals surface area contributed by atoms with E-state index in [1.807, 2.05) is 6.92 Å². The van der Waals surface area contributed by atoms with Gasteiger partial charge in [0.25, 0.3) is 0 Å². The van der Waals surface area contributed by atoms with E-state index in [9.17, 15) is 8.42 Å². The Hall–Kier alpha value is -1.75. The molecule has 17 heavy (non-hydrogen) atoms. The van der Waals surface area contributed by atoms with Crippen LogP contribution in [0.2, 0.25) is 0 Å². The molecular weight excluding hydrogens is 236 g/mol. The van der Waals surface area contributed by atoms with Gasteiger partial charge in [-0.3, -0.25) is 4.98 Å². The molecule has 1 aromatic carbocycles. The number of aromatic nitrogens is 2. The fourth-order valence-electron chi connectivity index (χ4n) is 1.36. The summed E-state index contributed by atoms with van der Waals surface area (Å²) in [7, 11) is -3.55. The van der Waals surface area contributed by atoms with Gasteiger partial charge in [0.05, 0.1) is 16.8 Å². The van der Waals surface area contributed by atoms with Crippen LogP contribution in [0.15, 0.2) is 46.6 Å². The second-order valence-corrected chi connectivity index (χ2v) is 5.71. The molecule has 0 saturated heterocycles. The lowest BCUT2D eigenvalue weighted by molar-refractivity contribution is 0.591. The van der Waals surface area contributed by atoms with Crippen LogP contribution in [0, 0.1) is 13.8 Å². The van der Waals surface area contributed by atoms with Gasteiger partial charge in [-0.15, -0.1) is 0 Å². The van der Waals surface area contributed by atoms with E-state index in [-0.39, 0.29) is 9.92 Å². The minimum atomic E-state index is -3.55. The summed E-state index contributed by atoms with van der Waals surface area (Å²) in [6.07, 6.45) is 2.73. The Morgan fingerprint density at radius 1 is 0.941 bits per heavy atom. The zero-order chi connectivity index (χ0) is 12.5. The summed E-state index contributed by atoms with van der Waals surface area (Å²) in [5.41, 5.74) is 1.70.